The van der Waals surface area contributed by atoms with Gasteiger partial charge in [-0.3, -0.25) is 34.2 Å². The van der Waals surface area contributed by atoms with E-state index in [-0.39, 0.29) is 35.3 Å². The Balaban J connectivity index is 1.74. The van der Waals surface area contributed by atoms with Crippen molar-refractivity contribution in [3.63, 3.8) is 0 Å². The third kappa shape index (κ3) is 3.91. The number of thioether (sulfide) groups is 1. The molecule has 1 atom stereocenters. The number of halogens is 1. The van der Waals surface area contributed by atoms with Crippen molar-refractivity contribution in [1.29, 1.82) is 0 Å². The lowest BCUT2D eigenvalue weighted by Crippen LogP contribution is -2.54. The minimum atomic E-state index is -1.10. The molecule has 28 heavy (non-hydrogen) atoms. The van der Waals surface area contributed by atoms with Crippen LogP contribution < -0.4 is 5.32 Å². The van der Waals surface area contributed by atoms with Crippen LogP contribution in [0.4, 0.5) is 4.39 Å². The van der Waals surface area contributed by atoms with Gasteiger partial charge in [0.05, 0.1) is 11.1 Å². The molecule has 3 rings (SSSR count). The molecule has 8 nitrogen and oxygen atoms in total. The first-order valence-corrected chi connectivity index (χ1v) is 9.68. The van der Waals surface area contributed by atoms with Crippen LogP contribution in [0, 0.1) is 5.82 Å². The van der Waals surface area contributed by atoms with E-state index in [0.29, 0.717) is 18.6 Å². The first-order chi connectivity index (χ1) is 13.3. The maximum Gasteiger partial charge on any atom is 0.303 e. The fraction of sp³-hybridized carbons (Fsp3) is 0.389. The summed E-state index contributed by atoms with van der Waals surface area (Å²) in [7, 11) is 0. The maximum absolute atomic E-state index is 14.4. The van der Waals surface area contributed by atoms with E-state index in [4.69, 9.17) is 5.11 Å². The summed E-state index contributed by atoms with van der Waals surface area (Å²) in [5.41, 5.74) is -0.0911. The minimum absolute atomic E-state index is 0.00954. The molecule has 0 saturated carbocycles. The highest BCUT2D eigenvalue weighted by atomic mass is 32.2. The smallest absolute Gasteiger partial charge is 0.303 e. The topological polar surface area (TPSA) is 121 Å². The Labute approximate surface area is 163 Å². The number of carboxylic acids is 1. The van der Waals surface area contributed by atoms with E-state index >= 15 is 0 Å². The molecule has 1 saturated heterocycles. The number of amides is 4. The third-order valence-electron chi connectivity index (χ3n) is 4.53. The molecule has 0 spiro atoms. The first kappa shape index (κ1) is 20.0. The van der Waals surface area contributed by atoms with Gasteiger partial charge < -0.3 is 5.11 Å². The zero-order valence-electron chi connectivity index (χ0n) is 14.7. The fourth-order valence-corrected chi connectivity index (χ4v) is 4.11. The number of nitrogens with zero attached hydrogens (tertiary/aromatic N) is 1. The molecule has 10 heteroatoms. The molecular formula is C18H17FN2O6S. The van der Waals surface area contributed by atoms with Gasteiger partial charge in [-0.1, -0.05) is 0 Å². The molecule has 0 aliphatic carbocycles. The van der Waals surface area contributed by atoms with Crippen LogP contribution in [0.1, 0.15) is 52.8 Å². The van der Waals surface area contributed by atoms with Gasteiger partial charge in [-0.15, -0.1) is 11.8 Å². The van der Waals surface area contributed by atoms with Crippen LogP contribution in [0.2, 0.25) is 0 Å². The standard InChI is InChI=1S/C18H17FN2O6S/c19-11-7-9-10(8-13(11)28-6-2-1-3-15(23)24)18(27)21(17(9)26)12-4-5-14(22)20-16(12)25/h7-8,12H,1-6H2,(H,23,24)(H,20,22,25). The summed E-state index contributed by atoms with van der Waals surface area (Å²) < 4.78 is 14.4. The fourth-order valence-electron chi connectivity index (χ4n) is 3.14. The van der Waals surface area contributed by atoms with Gasteiger partial charge in [-0.25, -0.2) is 4.39 Å². The Hall–Kier alpha value is -2.75. The van der Waals surface area contributed by atoms with Crippen molar-refractivity contribution in [2.45, 2.75) is 43.0 Å². The number of rotatable bonds is 7. The minimum Gasteiger partial charge on any atom is -0.481 e. The Kier molecular flexibility index (Phi) is 5.78. The van der Waals surface area contributed by atoms with E-state index in [1.54, 1.807) is 0 Å². The van der Waals surface area contributed by atoms with E-state index < -0.39 is 41.5 Å². The number of fused-ring (bicyclic) bond motifs is 1. The molecule has 0 bridgehead atoms. The molecular weight excluding hydrogens is 391 g/mol. The molecule has 0 aromatic heterocycles. The van der Waals surface area contributed by atoms with Gasteiger partial charge in [0, 0.05) is 17.7 Å². The van der Waals surface area contributed by atoms with Crippen LogP contribution in [0.3, 0.4) is 0 Å². The van der Waals surface area contributed by atoms with E-state index in [2.05, 4.69) is 5.32 Å². The zero-order valence-corrected chi connectivity index (χ0v) is 15.5. The molecule has 2 N–H and O–H groups in total. The number of carbonyl (C=O) groups is 5. The van der Waals surface area contributed by atoms with Crippen LogP contribution >= 0.6 is 11.8 Å². The second kappa shape index (κ2) is 8.09. The summed E-state index contributed by atoms with van der Waals surface area (Å²) in [6, 6.07) is 1.18. The predicted octanol–water partition coefficient (Wildman–Crippen LogP) is 1.57. The van der Waals surface area contributed by atoms with Crippen molar-refractivity contribution in [1.82, 2.24) is 10.2 Å². The maximum atomic E-state index is 14.4. The molecule has 2 aliphatic rings. The molecule has 2 aliphatic heterocycles. The number of imide groups is 2. The molecule has 1 unspecified atom stereocenters. The molecule has 1 aromatic rings. The quantitative estimate of drug-likeness (QED) is 0.399. The highest BCUT2D eigenvalue weighted by molar-refractivity contribution is 7.99. The Morgan fingerprint density at radius 3 is 2.50 bits per heavy atom. The summed E-state index contributed by atoms with van der Waals surface area (Å²) in [5, 5.41) is 10.7. The Morgan fingerprint density at radius 2 is 1.86 bits per heavy atom. The first-order valence-electron chi connectivity index (χ1n) is 8.69. The molecule has 1 aromatic carbocycles. The van der Waals surface area contributed by atoms with Crippen molar-refractivity contribution >= 4 is 41.4 Å². The highest BCUT2D eigenvalue weighted by Gasteiger charge is 2.45. The van der Waals surface area contributed by atoms with Gasteiger partial charge in [-0.05, 0) is 37.1 Å². The van der Waals surface area contributed by atoms with Gasteiger partial charge >= 0.3 is 5.97 Å². The molecule has 0 radical (unpaired) electrons. The normalized spacial score (nSPS) is 19.0. The summed E-state index contributed by atoms with van der Waals surface area (Å²) in [6.07, 6.45) is 1.08. The summed E-state index contributed by atoms with van der Waals surface area (Å²) in [5.74, 6) is -3.74. The summed E-state index contributed by atoms with van der Waals surface area (Å²) in [4.78, 5) is 60.0. The average Bonchev–Trinajstić information content (AvgIpc) is 2.85. The second-order valence-corrected chi connectivity index (χ2v) is 7.61. The highest BCUT2D eigenvalue weighted by Crippen LogP contribution is 2.33. The summed E-state index contributed by atoms with van der Waals surface area (Å²) in [6.45, 7) is 0. The molecule has 4 amide bonds. The van der Waals surface area contributed by atoms with Gasteiger partial charge in [0.2, 0.25) is 11.8 Å². The number of piperidine rings is 1. The third-order valence-corrected chi connectivity index (χ3v) is 5.65. The predicted molar refractivity (Wildman–Crippen MR) is 95.3 cm³/mol. The number of hydrogen-bond acceptors (Lipinski definition) is 6. The van der Waals surface area contributed by atoms with Crippen molar-refractivity contribution in [2.75, 3.05) is 5.75 Å². The van der Waals surface area contributed by atoms with Crippen LogP contribution in [-0.2, 0) is 14.4 Å². The second-order valence-electron chi connectivity index (χ2n) is 6.47. The number of benzene rings is 1. The van der Waals surface area contributed by atoms with Crippen LogP contribution in [-0.4, -0.2) is 51.4 Å². The van der Waals surface area contributed by atoms with E-state index in [1.807, 2.05) is 0 Å². The largest absolute Gasteiger partial charge is 0.481 e. The van der Waals surface area contributed by atoms with E-state index in [0.717, 1.165) is 22.7 Å². The zero-order chi connectivity index (χ0) is 20.4. The molecule has 148 valence electrons. The van der Waals surface area contributed by atoms with Gasteiger partial charge in [0.1, 0.15) is 11.9 Å². The van der Waals surface area contributed by atoms with Crippen molar-refractivity contribution < 1.29 is 33.5 Å². The van der Waals surface area contributed by atoms with Crippen LogP contribution in [0.25, 0.3) is 0 Å². The molecule has 1 fully saturated rings. The molecule has 2 heterocycles. The van der Waals surface area contributed by atoms with Gasteiger partial charge in [0.15, 0.2) is 0 Å². The van der Waals surface area contributed by atoms with Crippen molar-refractivity contribution in [3.8, 4) is 0 Å². The van der Waals surface area contributed by atoms with Crippen molar-refractivity contribution in [2.24, 2.45) is 0 Å². The number of nitrogens with one attached hydrogen (secondary N) is 1. The van der Waals surface area contributed by atoms with Crippen LogP contribution in [0.5, 0.6) is 0 Å². The average molecular weight is 408 g/mol. The Bertz CT molecular complexity index is 887. The number of carboxylic acid groups (broad SMARTS) is 1. The lowest BCUT2D eigenvalue weighted by atomic mass is 10.0. The van der Waals surface area contributed by atoms with Gasteiger partial charge in [-0.2, -0.15) is 0 Å². The van der Waals surface area contributed by atoms with Gasteiger partial charge in [0.25, 0.3) is 11.8 Å². The van der Waals surface area contributed by atoms with E-state index in [9.17, 15) is 28.4 Å². The summed E-state index contributed by atoms with van der Waals surface area (Å²) >= 11 is 1.13. The lowest BCUT2D eigenvalue weighted by Gasteiger charge is -2.27. The number of hydrogen-bond donors (Lipinski definition) is 2. The van der Waals surface area contributed by atoms with E-state index in [1.165, 1.54) is 6.07 Å². The van der Waals surface area contributed by atoms with Crippen LogP contribution in [0.15, 0.2) is 17.0 Å². The number of carbonyl (C=O) groups excluding carboxylic acids is 4. The monoisotopic (exact) mass is 408 g/mol. The SMILES string of the molecule is O=C(O)CCCCSc1cc2c(cc1F)C(=O)N(C1CCC(=O)NC1=O)C2=O. The number of unbranched alkanes of at least 4 members (excludes halogenated alkanes) is 1. The Morgan fingerprint density at radius 1 is 1.18 bits per heavy atom. The lowest BCUT2D eigenvalue weighted by molar-refractivity contribution is -0.138. The number of aliphatic carboxylic acids is 1. The van der Waals surface area contributed by atoms with Crippen molar-refractivity contribution in [3.05, 3.63) is 29.1 Å².